The van der Waals surface area contributed by atoms with Gasteiger partial charge in [0.1, 0.15) is 11.1 Å². The van der Waals surface area contributed by atoms with E-state index in [-0.39, 0.29) is 42.9 Å². The van der Waals surface area contributed by atoms with Crippen molar-refractivity contribution in [2.45, 2.75) is 52.1 Å². The molecule has 1 aliphatic heterocycles. The van der Waals surface area contributed by atoms with E-state index in [4.69, 9.17) is 18.5 Å². The van der Waals surface area contributed by atoms with E-state index in [0.29, 0.717) is 12.5 Å². The highest BCUT2D eigenvalue weighted by molar-refractivity contribution is 7.62. The molecule has 2 atom stereocenters. The summed E-state index contributed by atoms with van der Waals surface area (Å²) in [6.07, 6.45) is 9.93. The maximum Gasteiger partial charge on any atom is 0.365 e. The van der Waals surface area contributed by atoms with Crippen LogP contribution >= 0.6 is 7.60 Å². The van der Waals surface area contributed by atoms with Crippen LogP contribution in [0.25, 0.3) is 0 Å². The molecule has 1 aliphatic carbocycles. The number of hydrogen-bond acceptors (Lipinski definition) is 7. The van der Waals surface area contributed by atoms with Crippen molar-refractivity contribution in [3.63, 3.8) is 0 Å². The van der Waals surface area contributed by atoms with Crippen molar-refractivity contribution in [2.75, 3.05) is 39.5 Å². The number of carbonyl (C=O) groups is 1. The minimum absolute atomic E-state index is 0.155. The fourth-order valence-corrected chi connectivity index (χ4v) is 5.98. The van der Waals surface area contributed by atoms with Gasteiger partial charge >= 0.3 is 13.6 Å². The molecule has 0 bridgehead atoms. The molecule has 2 aliphatic rings. The smallest absolute Gasteiger partial charge is 0.365 e. The Bertz CT molecular complexity index is 797. The van der Waals surface area contributed by atoms with E-state index >= 15 is 0 Å². The Hall–Kier alpha value is -1.50. The molecule has 0 N–H and O–H groups in total. The van der Waals surface area contributed by atoms with Gasteiger partial charge in [-0.25, -0.2) is 0 Å². The maximum absolute atomic E-state index is 13.3. The van der Waals surface area contributed by atoms with Gasteiger partial charge in [-0.05, 0) is 64.0 Å². The van der Waals surface area contributed by atoms with Crippen LogP contribution in [0, 0.1) is 5.92 Å². The zero-order valence-corrected chi connectivity index (χ0v) is 20.1. The van der Waals surface area contributed by atoms with Gasteiger partial charge in [0.05, 0.1) is 25.9 Å². The molecule has 178 valence electrons. The van der Waals surface area contributed by atoms with Crippen molar-refractivity contribution in [3.8, 4) is 5.75 Å². The first-order valence-corrected chi connectivity index (χ1v) is 13.3. The molecule has 3 rings (SSSR count). The van der Waals surface area contributed by atoms with Crippen molar-refractivity contribution in [2.24, 2.45) is 5.92 Å². The zero-order valence-electron chi connectivity index (χ0n) is 19.2. The largest absolute Gasteiger partial charge is 0.425 e. The standard InChI is InChI=1S/C24H36NO6P/c1-3-29-32(27,30-4-2)23-15-9-8-14-22(23)31-24(26)19-25(18-21-13-10-16-28-21)17-20-11-6-5-7-12-20/h5-6,8-9,14-15,20-21H,3-4,7,10-13,16-19H2,1-2H3/t20-,21-/m1/s1. The maximum atomic E-state index is 13.3. The lowest BCUT2D eigenvalue weighted by atomic mass is 9.94. The fraction of sp³-hybridized carbons (Fsp3) is 0.625. The van der Waals surface area contributed by atoms with E-state index in [1.165, 1.54) is 0 Å². The lowest BCUT2D eigenvalue weighted by Crippen LogP contribution is -2.41. The Balaban J connectivity index is 1.69. The van der Waals surface area contributed by atoms with E-state index in [2.05, 4.69) is 17.1 Å². The lowest BCUT2D eigenvalue weighted by Gasteiger charge is -2.29. The molecule has 0 amide bonds. The van der Waals surface area contributed by atoms with Gasteiger partial charge in [-0.2, -0.15) is 0 Å². The summed E-state index contributed by atoms with van der Waals surface area (Å²) in [5, 5.41) is 0.278. The normalized spacial score (nSPS) is 21.2. The summed E-state index contributed by atoms with van der Waals surface area (Å²) in [5.41, 5.74) is 0. The van der Waals surface area contributed by atoms with Gasteiger partial charge in [-0.15, -0.1) is 0 Å². The number of ether oxygens (including phenoxy) is 2. The van der Waals surface area contributed by atoms with Gasteiger partial charge < -0.3 is 18.5 Å². The first-order valence-electron chi connectivity index (χ1n) is 11.7. The molecule has 7 nitrogen and oxygen atoms in total. The lowest BCUT2D eigenvalue weighted by molar-refractivity contribution is -0.136. The molecule has 0 radical (unpaired) electrons. The molecule has 32 heavy (non-hydrogen) atoms. The number of nitrogens with zero attached hydrogens (tertiary/aromatic N) is 1. The predicted octanol–water partition coefficient (Wildman–Crippen LogP) is 4.32. The van der Waals surface area contributed by atoms with Crippen molar-refractivity contribution in [3.05, 3.63) is 36.4 Å². The number of benzene rings is 1. The molecule has 1 fully saturated rings. The predicted molar refractivity (Wildman–Crippen MR) is 124 cm³/mol. The Morgan fingerprint density at radius 1 is 1.12 bits per heavy atom. The quantitative estimate of drug-likeness (QED) is 0.197. The molecule has 0 aromatic heterocycles. The summed E-state index contributed by atoms with van der Waals surface area (Å²) >= 11 is 0. The molecule has 8 heteroatoms. The Labute approximate surface area is 191 Å². The Morgan fingerprint density at radius 2 is 1.91 bits per heavy atom. The van der Waals surface area contributed by atoms with Crippen LogP contribution < -0.4 is 10.0 Å². The SMILES string of the molecule is CCOP(=O)(OCC)c1ccccc1OC(=O)CN(C[C@@H]1CC=CCC1)C[C@H]1CCCO1. The molecule has 0 unspecified atom stereocenters. The van der Waals surface area contributed by atoms with Crippen LogP contribution in [0.2, 0.25) is 0 Å². The van der Waals surface area contributed by atoms with Crippen LogP contribution in [0.4, 0.5) is 0 Å². The summed E-state index contributed by atoms with van der Waals surface area (Å²) in [5.74, 6) is 0.361. The topological polar surface area (TPSA) is 74.3 Å². The van der Waals surface area contributed by atoms with Crippen LogP contribution in [-0.2, 0) is 23.1 Å². The van der Waals surface area contributed by atoms with Gasteiger partial charge in [0.25, 0.3) is 0 Å². The third-order valence-corrected chi connectivity index (χ3v) is 7.87. The van der Waals surface area contributed by atoms with Gasteiger partial charge in [-0.1, -0.05) is 24.3 Å². The monoisotopic (exact) mass is 465 g/mol. The average molecular weight is 466 g/mol. The average Bonchev–Trinajstić information content (AvgIpc) is 3.28. The molecule has 1 saturated heterocycles. The highest BCUT2D eigenvalue weighted by Gasteiger charge is 2.31. The summed E-state index contributed by atoms with van der Waals surface area (Å²) in [6.45, 7) is 6.45. The molecule has 1 aromatic carbocycles. The minimum atomic E-state index is -3.57. The van der Waals surface area contributed by atoms with Crippen LogP contribution in [0.5, 0.6) is 5.75 Å². The highest BCUT2D eigenvalue weighted by atomic mass is 31.2. The number of allylic oxidation sites excluding steroid dienone is 2. The van der Waals surface area contributed by atoms with Crippen molar-refractivity contribution in [1.29, 1.82) is 0 Å². The van der Waals surface area contributed by atoms with Gasteiger partial charge in [0.2, 0.25) is 0 Å². The minimum Gasteiger partial charge on any atom is -0.425 e. The number of rotatable bonds is 12. The molecule has 1 aromatic rings. The second kappa shape index (κ2) is 12.7. The van der Waals surface area contributed by atoms with Crippen molar-refractivity contribution >= 4 is 18.9 Å². The van der Waals surface area contributed by atoms with Crippen LogP contribution in [0.15, 0.2) is 36.4 Å². The zero-order chi connectivity index (χ0) is 22.8. The van der Waals surface area contributed by atoms with Crippen LogP contribution in [0.1, 0.15) is 46.0 Å². The van der Waals surface area contributed by atoms with Crippen LogP contribution in [0.3, 0.4) is 0 Å². The number of esters is 1. The van der Waals surface area contributed by atoms with Gasteiger partial charge in [-0.3, -0.25) is 14.3 Å². The summed E-state index contributed by atoms with van der Waals surface area (Å²) < 4.78 is 35.7. The second-order valence-corrected chi connectivity index (χ2v) is 10.2. The van der Waals surface area contributed by atoms with Gasteiger partial charge in [0, 0.05) is 19.7 Å². The highest BCUT2D eigenvalue weighted by Crippen LogP contribution is 2.49. The number of hydrogen-bond donors (Lipinski definition) is 0. The van der Waals surface area contributed by atoms with E-state index < -0.39 is 7.60 Å². The van der Waals surface area contributed by atoms with E-state index in [0.717, 1.165) is 45.3 Å². The Morgan fingerprint density at radius 3 is 2.56 bits per heavy atom. The first kappa shape index (κ1) is 25.1. The van der Waals surface area contributed by atoms with Gasteiger partial charge in [0.15, 0.2) is 0 Å². The van der Waals surface area contributed by atoms with Crippen LogP contribution in [-0.4, -0.2) is 56.4 Å². The van der Waals surface area contributed by atoms with E-state index in [1.54, 1.807) is 38.1 Å². The summed E-state index contributed by atoms with van der Waals surface area (Å²) in [6, 6.07) is 6.74. The van der Waals surface area contributed by atoms with E-state index in [1.807, 2.05) is 0 Å². The fourth-order valence-electron chi connectivity index (χ4n) is 4.29. The molecule has 1 heterocycles. The van der Waals surface area contributed by atoms with Crippen molar-refractivity contribution in [1.82, 2.24) is 4.90 Å². The summed E-state index contributed by atoms with van der Waals surface area (Å²) in [7, 11) is -3.57. The number of para-hydroxylation sites is 1. The second-order valence-electron chi connectivity index (χ2n) is 8.25. The first-order chi connectivity index (χ1) is 15.5. The molecular weight excluding hydrogens is 429 g/mol. The third-order valence-electron chi connectivity index (χ3n) is 5.71. The Kier molecular flexibility index (Phi) is 9.94. The molecular formula is C24H36NO6P. The van der Waals surface area contributed by atoms with Crippen molar-refractivity contribution < 1.29 is 27.9 Å². The third kappa shape index (κ3) is 7.26. The summed E-state index contributed by atoms with van der Waals surface area (Å²) in [4.78, 5) is 15.1. The number of carbonyl (C=O) groups excluding carboxylic acids is 1. The molecule has 0 spiro atoms. The molecule has 0 saturated carbocycles. The van der Waals surface area contributed by atoms with E-state index in [9.17, 15) is 9.36 Å².